The Morgan fingerprint density at radius 2 is 1.74 bits per heavy atom. The van der Waals surface area contributed by atoms with Gasteiger partial charge in [0.2, 0.25) is 0 Å². The molecule has 0 aromatic heterocycles. The largest absolute Gasteiger partial charge is 0.478 e. The average Bonchev–Trinajstić information content (AvgIpc) is 2.93. The Balaban J connectivity index is 0.000000293. The van der Waals surface area contributed by atoms with Crippen LogP contribution in [0.1, 0.15) is 23.7 Å². The van der Waals surface area contributed by atoms with E-state index in [1.807, 2.05) is 0 Å². The Morgan fingerprint density at radius 3 is 2.26 bits per heavy atom. The summed E-state index contributed by atoms with van der Waals surface area (Å²) in [6, 6.07) is 5.67. The van der Waals surface area contributed by atoms with Gasteiger partial charge in [-0.05, 0) is 18.2 Å². The molecule has 2 amide bonds. The number of carbonyl (C=O) groups is 5. The average molecular weight is 375 g/mol. The highest BCUT2D eigenvalue weighted by Crippen LogP contribution is 2.20. The van der Waals surface area contributed by atoms with Gasteiger partial charge in [0, 0.05) is 31.6 Å². The number of esters is 1. The Morgan fingerprint density at radius 1 is 1.11 bits per heavy atom. The van der Waals surface area contributed by atoms with Gasteiger partial charge in [-0.2, -0.15) is 0 Å². The highest BCUT2D eigenvalue weighted by atomic mass is 16.5. The maximum atomic E-state index is 11.3. The van der Waals surface area contributed by atoms with E-state index < -0.39 is 23.8 Å². The molecule has 9 heteroatoms. The zero-order valence-electron chi connectivity index (χ0n) is 14.3. The van der Waals surface area contributed by atoms with Gasteiger partial charge < -0.3 is 14.9 Å². The second kappa shape index (κ2) is 10.3. The summed E-state index contributed by atoms with van der Waals surface area (Å²) >= 11 is 0. The zero-order valence-corrected chi connectivity index (χ0v) is 14.3. The summed E-state index contributed by atoms with van der Waals surface area (Å²) in [6.45, 7) is 1.54. The fraction of sp³-hybridized carbons (Fsp3) is 0.167. The van der Waals surface area contributed by atoms with Gasteiger partial charge in [-0.15, -0.1) is 0 Å². The molecule has 2 rings (SSSR count). The van der Waals surface area contributed by atoms with E-state index in [1.54, 1.807) is 0 Å². The van der Waals surface area contributed by atoms with Crippen LogP contribution in [0.15, 0.2) is 48.6 Å². The normalized spacial score (nSPS) is 12.7. The lowest BCUT2D eigenvalue weighted by molar-refractivity contribution is -0.140. The Bertz CT molecular complexity index is 791. The molecule has 2 N–H and O–H groups in total. The molecule has 1 heterocycles. The van der Waals surface area contributed by atoms with E-state index in [0.29, 0.717) is 6.42 Å². The van der Waals surface area contributed by atoms with Crippen molar-refractivity contribution in [2.45, 2.75) is 13.3 Å². The van der Waals surface area contributed by atoms with Crippen molar-refractivity contribution in [3.8, 4) is 0 Å². The molecule has 1 aromatic carbocycles. The highest BCUT2D eigenvalue weighted by Gasteiger charge is 2.25. The van der Waals surface area contributed by atoms with Gasteiger partial charge in [-0.25, -0.2) is 14.5 Å². The van der Waals surface area contributed by atoms with Crippen molar-refractivity contribution in [2.75, 3.05) is 11.5 Å². The van der Waals surface area contributed by atoms with E-state index in [-0.39, 0.29) is 23.8 Å². The summed E-state index contributed by atoms with van der Waals surface area (Å²) in [5.41, 5.74) is 0.296. The number of nitrogens with zero attached hydrogens (tertiary/aromatic N) is 1. The third-order valence-corrected chi connectivity index (χ3v) is 3.01. The minimum atomic E-state index is -1.10. The van der Waals surface area contributed by atoms with Gasteiger partial charge in [0.05, 0.1) is 17.9 Å². The van der Waals surface area contributed by atoms with Crippen LogP contribution < -0.4 is 4.90 Å². The van der Waals surface area contributed by atoms with Crippen LogP contribution in [0, 0.1) is 0 Å². The van der Waals surface area contributed by atoms with Crippen molar-refractivity contribution in [2.24, 2.45) is 0 Å². The number of anilines is 1. The Hall–Kier alpha value is -3.75. The van der Waals surface area contributed by atoms with Crippen LogP contribution >= 0.6 is 0 Å². The van der Waals surface area contributed by atoms with Crippen LogP contribution in [0.5, 0.6) is 0 Å². The van der Waals surface area contributed by atoms with Crippen molar-refractivity contribution in [1.82, 2.24) is 0 Å². The fourth-order valence-corrected chi connectivity index (χ4v) is 1.89. The molecule has 9 nitrogen and oxygen atoms in total. The first-order chi connectivity index (χ1) is 12.7. The van der Waals surface area contributed by atoms with Crippen LogP contribution in [0.3, 0.4) is 0 Å². The molecular formula is C18H17NO8. The number of aliphatic carboxylic acids is 1. The van der Waals surface area contributed by atoms with Crippen molar-refractivity contribution in [1.29, 1.82) is 0 Å². The van der Waals surface area contributed by atoms with Crippen LogP contribution in [-0.2, 0) is 23.9 Å². The molecular weight excluding hydrogens is 358 g/mol. The molecule has 0 saturated carbocycles. The molecule has 0 unspecified atom stereocenters. The monoisotopic (exact) mass is 375 g/mol. The summed E-state index contributed by atoms with van der Waals surface area (Å²) in [4.78, 5) is 54.4. The second-order valence-electron chi connectivity index (χ2n) is 5.07. The summed E-state index contributed by atoms with van der Waals surface area (Å²) in [5.74, 6) is -3.38. The number of carboxylic acid groups (broad SMARTS) is 2. The first-order valence-corrected chi connectivity index (χ1v) is 7.64. The van der Waals surface area contributed by atoms with Gasteiger partial charge in [0.15, 0.2) is 0 Å². The molecule has 1 aliphatic rings. The Kier molecular flexibility index (Phi) is 8.11. The number of hydrogen-bond acceptors (Lipinski definition) is 6. The van der Waals surface area contributed by atoms with Crippen molar-refractivity contribution in [3.63, 3.8) is 0 Å². The molecule has 142 valence electrons. The standard InChI is InChI=1S/C11H7NO4.C7H10O4/c13-9-4-5-10(14)12(9)8-3-1-2-7(6-8)11(15)16;1-6(8)11-5-3-2-4-7(9)10/h1-6H,(H,15,16);2,4H,3,5H2,1H3,(H,9,10). The number of benzene rings is 1. The van der Waals surface area contributed by atoms with Crippen molar-refractivity contribution in [3.05, 3.63) is 54.1 Å². The number of hydrogen-bond donors (Lipinski definition) is 2. The molecule has 0 spiro atoms. The number of carboxylic acids is 2. The molecule has 0 fully saturated rings. The predicted octanol–water partition coefficient (Wildman–Crippen LogP) is 1.39. The maximum Gasteiger partial charge on any atom is 0.335 e. The quantitative estimate of drug-likeness (QED) is 0.329. The summed E-state index contributed by atoms with van der Waals surface area (Å²) in [7, 11) is 0. The molecule has 27 heavy (non-hydrogen) atoms. The van der Waals surface area contributed by atoms with E-state index in [1.165, 1.54) is 37.3 Å². The Labute approximate surface area is 154 Å². The van der Waals surface area contributed by atoms with Crippen LogP contribution in [0.2, 0.25) is 0 Å². The summed E-state index contributed by atoms with van der Waals surface area (Å²) in [6.07, 6.45) is 5.19. The highest BCUT2D eigenvalue weighted by molar-refractivity contribution is 6.28. The zero-order chi connectivity index (χ0) is 20.4. The van der Waals surface area contributed by atoms with E-state index in [4.69, 9.17) is 10.2 Å². The van der Waals surface area contributed by atoms with E-state index in [9.17, 15) is 24.0 Å². The maximum absolute atomic E-state index is 11.3. The van der Waals surface area contributed by atoms with Crippen LogP contribution in [-0.4, -0.2) is 46.5 Å². The van der Waals surface area contributed by atoms with Gasteiger partial charge >= 0.3 is 17.9 Å². The molecule has 0 radical (unpaired) electrons. The predicted molar refractivity (Wildman–Crippen MR) is 93.1 cm³/mol. The van der Waals surface area contributed by atoms with Crippen LogP contribution in [0.25, 0.3) is 0 Å². The van der Waals surface area contributed by atoms with Crippen LogP contribution in [0.4, 0.5) is 5.69 Å². The topological polar surface area (TPSA) is 138 Å². The number of amides is 2. The molecule has 1 aliphatic heterocycles. The smallest absolute Gasteiger partial charge is 0.335 e. The second-order valence-corrected chi connectivity index (χ2v) is 5.07. The minimum absolute atomic E-state index is 0.0324. The lowest BCUT2D eigenvalue weighted by Crippen LogP contribution is -2.29. The van der Waals surface area contributed by atoms with Gasteiger partial charge in [0.25, 0.3) is 11.8 Å². The van der Waals surface area contributed by atoms with Crippen molar-refractivity contribution < 1.29 is 38.9 Å². The third-order valence-electron chi connectivity index (χ3n) is 3.01. The minimum Gasteiger partial charge on any atom is -0.478 e. The lowest BCUT2D eigenvalue weighted by atomic mass is 10.2. The number of ether oxygens (including phenoxy) is 1. The number of aromatic carboxylic acids is 1. The van der Waals surface area contributed by atoms with Gasteiger partial charge in [0.1, 0.15) is 0 Å². The molecule has 0 saturated heterocycles. The van der Waals surface area contributed by atoms with E-state index in [2.05, 4.69) is 4.74 Å². The fourth-order valence-electron chi connectivity index (χ4n) is 1.89. The first-order valence-electron chi connectivity index (χ1n) is 7.64. The van der Waals surface area contributed by atoms with E-state index in [0.717, 1.165) is 23.1 Å². The summed E-state index contributed by atoms with van der Waals surface area (Å²) < 4.78 is 4.54. The molecule has 0 atom stereocenters. The lowest BCUT2D eigenvalue weighted by Gasteiger charge is -2.13. The van der Waals surface area contributed by atoms with Crippen molar-refractivity contribution >= 4 is 35.4 Å². The number of carbonyl (C=O) groups excluding carboxylic acids is 3. The van der Waals surface area contributed by atoms with Gasteiger partial charge in [-0.3, -0.25) is 14.4 Å². The molecule has 0 aliphatic carbocycles. The molecule has 0 bridgehead atoms. The van der Waals surface area contributed by atoms with E-state index >= 15 is 0 Å². The number of imide groups is 1. The number of rotatable bonds is 6. The van der Waals surface area contributed by atoms with Gasteiger partial charge in [-0.1, -0.05) is 12.1 Å². The first kappa shape index (κ1) is 21.3. The SMILES string of the molecule is CC(=O)OCCC=CC(=O)O.O=C(O)c1cccc(N2C(=O)C=CC2=O)c1. The molecule has 1 aromatic rings. The summed E-state index contributed by atoms with van der Waals surface area (Å²) in [5, 5.41) is 16.9. The third kappa shape index (κ3) is 7.34.